The lowest BCUT2D eigenvalue weighted by Gasteiger charge is -2.13. The van der Waals surface area contributed by atoms with Crippen LogP contribution in [0.2, 0.25) is 0 Å². The normalized spacial score (nSPS) is 9.65. The Bertz CT molecular complexity index is 454. The van der Waals surface area contributed by atoms with Gasteiger partial charge in [0.15, 0.2) is 0 Å². The summed E-state index contributed by atoms with van der Waals surface area (Å²) in [6.45, 7) is 3.12. The van der Waals surface area contributed by atoms with Crippen molar-refractivity contribution < 1.29 is 19.1 Å². The van der Waals surface area contributed by atoms with Crippen LogP contribution in [-0.4, -0.2) is 26.1 Å². The van der Waals surface area contributed by atoms with E-state index in [1.54, 1.807) is 19.1 Å². The fourth-order valence-corrected chi connectivity index (χ4v) is 1.53. The van der Waals surface area contributed by atoms with Crippen molar-refractivity contribution in [2.24, 2.45) is 0 Å². The van der Waals surface area contributed by atoms with E-state index in [2.05, 4.69) is 10.1 Å². The van der Waals surface area contributed by atoms with E-state index in [9.17, 15) is 9.59 Å². The SMILES string of the molecule is COC(=O)c1c(C)cc(OC)cc1NC(C)=O. The number of hydrogen-bond donors (Lipinski definition) is 1. The maximum absolute atomic E-state index is 11.6. The van der Waals surface area contributed by atoms with Crippen LogP contribution in [0.15, 0.2) is 12.1 Å². The highest BCUT2D eigenvalue weighted by atomic mass is 16.5. The smallest absolute Gasteiger partial charge is 0.340 e. The number of amides is 1. The number of rotatable bonds is 3. The molecule has 92 valence electrons. The number of methoxy groups -OCH3 is 2. The Morgan fingerprint density at radius 3 is 2.35 bits per heavy atom. The van der Waals surface area contributed by atoms with Crippen LogP contribution in [0.5, 0.6) is 5.75 Å². The largest absolute Gasteiger partial charge is 0.497 e. The predicted molar refractivity (Wildman–Crippen MR) is 63.4 cm³/mol. The number of carbonyl (C=O) groups is 2. The molecule has 0 fully saturated rings. The lowest BCUT2D eigenvalue weighted by Crippen LogP contribution is -2.13. The summed E-state index contributed by atoms with van der Waals surface area (Å²) in [5.41, 5.74) is 1.41. The molecule has 5 nitrogen and oxygen atoms in total. The summed E-state index contributed by atoms with van der Waals surface area (Å²) >= 11 is 0. The first kappa shape index (κ1) is 13.0. The van der Waals surface area contributed by atoms with E-state index in [1.165, 1.54) is 21.1 Å². The second-order valence-corrected chi connectivity index (χ2v) is 3.54. The van der Waals surface area contributed by atoms with Crippen LogP contribution >= 0.6 is 0 Å². The fourth-order valence-electron chi connectivity index (χ4n) is 1.53. The summed E-state index contributed by atoms with van der Waals surface area (Å²) in [6, 6.07) is 3.29. The molecule has 0 heterocycles. The first-order chi connectivity index (χ1) is 7.99. The lowest BCUT2D eigenvalue weighted by molar-refractivity contribution is -0.114. The van der Waals surface area contributed by atoms with Gasteiger partial charge in [-0.05, 0) is 18.6 Å². The molecular weight excluding hydrogens is 222 g/mol. The van der Waals surface area contributed by atoms with Crippen LogP contribution in [0.4, 0.5) is 5.69 Å². The Labute approximate surface area is 99.7 Å². The molecule has 1 aromatic carbocycles. The van der Waals surface area contributed by atoms with Gasteiger partial charge in [0.1, 0.15) is 5.75 Å². The second kappa shape index (κ2) is 5.34. The van der Waals surface area contributed by atoms with Gasteiger partial charge in [0.05, 0.1) is 25.5 Å². The molecule has 5 heteroatoms. The zero-order valence-corrected chi connectivity index (χ0v) is 10.3. The van der Waals surface area contributed by atoms with Gasteiger partial charge in [0, 0.05) is 13.0 Å². The second-order valence-electron chi connectivity index (χ2n) is 3.54. The van der Waals surface area contributed by atoms with E-state index in [0.29, 0.717) is 22.6 Å². The van der Waals surface area contributed by atoms with E-state index < -0.39 is 5.97 Å². The van der Waals surface area contributed by atoms with Gasteiger partial charge in [-0.2, -0.15) is 0 Å². The monoisotopic (exact) mass is 237 g/mol. The Hall–Kier alpha value is -2.04. The number of ether oxygens (including phenoxy) is 2. The van der Waals surface area contributed by atoms with E-state index in [4.69, 9.17) is 4.74 Å². The molecule has 0 aliphatic carbocycles. The minimum Gasteiger partial charge on any atom is -0.497 e. The number of hydrogen-bond acceptors (Lipinski definition) is 4. The van der Waals surface area contributed by atoms with Crippen molar-refractivity contribution in [2.45, 2.75) is 13.8 Å². The van der Waals surface area contributed by atoms with Crippen LogP contribution in [0.1, 0.15) is 22.8 Å². The van der Waals surface area contributed by atoms with Crippen molar-refractivity contribution in [3.05, 3.63) is 23.3 Å². The van der Waals surface area contributed by atoms with Gasteiger partial charge in [0.25, 0.3) is 0 Å². The molecule has 0 unspecified atom stereocenters. The summed E-state index contributed by atoms with van der Waals surface area (Å²) in [5, 5.41) is 2.58. The zero-order valence-electron chi connectivity index (χ0n) is 10.3. The fraction of sp³-hybridized carbons (Fsp3) is 0.333. The first-order valence-corrected chi connectivity index (χ1v) is 5.04. The van der Waals surface area contributed by atoms with Gasteiger partial charge >= 0.3 is 5.97 Å². The number of benzene rings is 1. The van der Waals surface area contributed by atoms with Crippen molar-refractivity contribution in [1.82, 2.24) is 0 Å². The van der Waals surface area contributed by atoms with Crippen LogP contribution in [0.25, 0.3) is 0 Å². The summed E-state index contributed by atoms with van der Waals surface area (Å²) in [6.07, 6.45) is 0. The number of aryl methyl sites for hydroxylation is 1. The molecule has 0 aliphatic rings. The number of esters is 1. The molecule has 0 bridgehead atoms. The molecular formula is C12H15NO4. The van der Waals surface area contributed by atoms with Crippen molar-refractivity contribution in [3.63, 3.8) is 0 Å². The standard InChI is InChI=1S/C12H15NO4/c1-7-5-9(16-3)6-10(13-8(2)14)11(7)12(15)17-4/h5-6H,1-4H3,(H,13,14). The van der Waals surface area contributed by atoms with Gasteiger partial charge in [-0.25, -0.2) is 4.79 Å². The number of nitrogens with one attached hydrogen (secondary N) is 1. The molecule has 0 aromatic heterocycles. The number of anilines is 1. The average molecular weight is 237 g/mol. The molecule has 1 N–H and O–H groups in total. The molecule has 0 saturated heterocycles. The highest BCUT2D eigenvalue weighted by Crippen LogP contribution is 2.27. The van der Waals surface area contributed by atoms with Crippen LogP contribution in [0, 0.1) is 6.92 Å². The molecule has 0 radical (unpaired) electrons. The number of carbonyl (C=O) groups excluding carboxylic acids is 2. The molecule has 0 saturated carbocycles. The van der Waals surface area contributed by atoms with Gasteiger partial charge in [0.2, 0.25) is 5.91 Å². The molecule has 1 amide bonds. The Morgan fingerprint density at radius 2 is 1.88 bits per heavy atom. The lowest BCUT2D eigenvalue weighted by atomic mass is 10.1. The molecule has 1 rings (SSSR count). The van der Waals surface area contributed by atoms with Crippen molar-refractivity contribution >= 4 is 17.6 Å². The van der Waals surface area contributed by atoms with E-state index >= 15 is 0 Å². The summed E-state index contributed by atoms with van der Waals surface area (Å²) in [4.78, 5) is 22.7. The summed E-state index contributed by atoms with van der Waals surface area (Å²) in [7, 11) is 2.81. The van der Waals surface area contributed by atoms with Crippen molar-refractivity contribution in [3.8, 4) is 5.75 Å². The Balaban J connectivity index is 3.33. The quantitative estimate of drug-likeness (QED) is 0.813. The third-order valence-corrected chi connectivity index (χ3v) is 2.24. The maximum atomic E-state index is 11.6. The predicted octanol–water partition coefficient (Wildman–Crippen LogP) is 1.75. The molecule has 17 heavy (non-hydrogen) atoms. The van der Waals surface area contributed by atoms with Gasteiger partial charge in [-0.3, -0.25) is 4.79 Å². The Kier molecular flexibility index (Phi) is 4.09. The van der Waals surface area contributed by atoms with E-state index in [1.807, 2.05) is 0 Å². The van der Waals surface area contributed by atoms with Gasteiger partial charge in [-0.15, -0.1) is 0 Å². The maximum Gasteiger partial charge on any atom is 0.340 e. The highest BCUT2D eigenvalue weighted by Gasteiger charge is 2.17. The molecule has 1 aromatic rings. The zero-order chi connectivity index (χ0) is 13.0. The summed E-state index contributed by atoms with van der Waals surface area (Å²) < 4.78 is 9.76. The summed E-state index contributed by atoms with van der Waals surface area (Å²) in [5.74, 6) is -0.185. The van der Waals surface area contributed by atoms with E-state index in [-0.39, 0.29) is 5.91 Å². The van der Waals surface area contributed by atoms with Gasteiger partial charge in [-0.1, -0.05) is 0 Å². The van der Waals surface area contributed by atoms with Crippen LogP contribution in [-0.2, 0) is 9.53 Å². The van der Waals surface area contributed by atoms with Crippen molar-refractivity contribution in [1.29, 1.82) is 0 Å². The van der Waals surface area contributed by atoms with E-state index in [0.717, 1.165) is 0 Å². The van der Waals surface area contributed by atoms with Gasteiger partial charge < -0.3 is 14.8 Å². The molecule has 0 atom stereocenters. The van der Waals surface area contributed by atoms with Crippen LogP contribution in [0.3, 0.4) is 0 Å². The molecule has 0 aliphatic heterocycles. The van der Waals surface area contributed by atoms with Crippen molar-refractivity contribution in [2.75, 3.05) is 19.5 Å². The Morgan fingerprint density at radius 1 is 1.24 bits per heavy atom. The van der Waals surface area contributed by atoms with Crippen LogP contribution < -0.4 is 10.1 Å². The minimum absolute atomic E-state index is 0.261. The average Bonchev–Trinajstić information content (AvgIpc) is 2.26. The molecule has 0 spiro atoms. The third-order valence-electron chi connectivity index (χ3n) is 2.24. The first-order valence-electron chi connectivity index (χ1n) is 5.04. The minimum atomic E-state index is -0.492. The highest BCUT2D eigenvalue weighted by molar-refractivity contribution is 6.02. The topological polar surface area (TPSA) is 64.6 Å². The third kappa shape index (κ3) is 2.96.